The third-order valence-corrected chi connectivity index (χ3v) is 4.80. The highest BCUT2D eigenvalue weighted by Crippen LogP contribution is 2.18. The van der Waals surface area contributed by atoms with Gasteiger partial charge in [0.15, 0.2) is 0 Å². The van der Waals surface area contributed by atoms with Crippen molar-refractivity contribution < 1.29 is 5.11 Å². The maximum Gasteiger partial charge on any atom is 0.112 e. The number of hydrogen-bond donors (Lipinski definition) is 1. The molecular formula is C21H34N2O. The molecule has 1 N–H and O–H groups in total. The molecule has 0 spiro atoms. The Balaban J connectivity index is 1.69. The van der Waals surface area contributed by atoms with E-state index < -0.39 is 0 Å². The maximum atomic E-state index is 9.26. The van der Waals surface area contributed by atoms with E-state index in [1.54, 1.807) is 0 Å². The summed E-state index contributed by atoms with van der Waals surface area (Å²) in [7, 11) is 0. The van der Waals surface area contributed by atoms with Crippen LogP contribution in [-0.4, -0.2) is 21.3 Å². The van der Waals surface area contributed by atoms with Gasteiger partial charge in [-0.15, -0.1) is 0 Å². The molecule has 2 rings (SSSR count). The standard InChI is InChI=1S/C21H34N2O/c1-2-3-4-5-6-7-8-9-10-13-17-23-20-15-12-11-14-19(20)22-21(23)16-18-24/h11-12,14-15,24H,2-10,13,16-18H2,1H3. The molecular weight excluding hydrogens is 296 g/mol. The third-order valence-electron chi connectivity index (χ3n) is 4.80. The van der Waals surface area contributed by atoms with Crippen LogP contribution in [0.25, 0.3) is 11.0 Å². The molecule has 0 amide bonds. The third kappa shape index (κ3) is 5.94. The van der Waals surface area contributed by atoms with Crippen LogP contribution >= 0.6 is 0 Å². The van der Waals surface area contributed by atoms with Gasteiger partial charge in [0.25, 0.3) is 0 Å². The Morgan fingerprint density at radius 1 is 0.875 bits per heavy atom. The van der Waals surface area contributed by atoms with Gasteiger partial charge in [0.2, 0.25) is 0 Å². The number of para-hydroxylation sites is 2. The Bertz CT molecular complexity index is 576. The first kappa shape index (κ1) is 19.0. The van der Waals surface area contributed by atoms with Crippen molar-refractivity contribution in [2.24, 2.45) is 0 Å². The van der Waals surface area contributed by atoms with Crippen molar-refractivity contribution in [3.05, 3.63) is 30.1 Å². The van der Waals surface area contributed by atoms with E-state index in [9.17, 15) is 5.11 Å². The number of rotatable bonds is 13. The number of nitrogens with zero attached hydrogens (tertiary/aromatic N) is 2. The van der Waals surface area contributed by atoms with Crippen molar-refractivity contribution in [2.75, 3.05) is 6.61 Å². The molecule has 0 saturated carbocycles. The normalized spacial score (nSPS) is 11.4. The smallest absolute Gasteiger partial charge is 0.112 e. The van der Waals surface area contributed by atoms with Crippen LogP contribution in [-0.2, 0) is 13.0 Å². The Kier molecular flexibility index (Phi) is 8.90. The van der Waals surface area contributed by atoms with E-state index in [4.69, 9.17) is 0 Å². The average Bonchev–Trinajstić information content (AvgIpc) is 2.94. The van der Waals surface area contributed by atoms with Crippen molar-refractivity contribution in [3.63, 3.8) is 0 Å². The van der Waals surface area contributed by atoms with Crippen LogP contribution in [0.2, 0.25) is 0 Å². The Morgan fingerprint density at radius 3 is 2.17 bits per heavy atom. The first-order valence-electron chi connectivity index (χ1n) is 9.91. The average molecular weight is 331 g/mol. The topological polar surface area (TPSA) is 38.0 Å². The van der Waals surface area contributed by atoms with Gasteiger partial charge < -0.3 is 9.67 Å². The van der Waals surface area contributed by atoms with Crippen molar-refractivity contribution in [1.29, 1.82) is 0 Å². The fraction of sp³-hybridized carbons (Fsp3) is 0.667. The SMILES string of the molecule is CCCCCCCCCCCCn1c(CCO)nc2ccccc21. The highest BCUT2D eigenvalue weighted by molar-refractivity contribution is 5.75. The van der Waals surface area contributed by atoms with E-state index in [0.717, 1.165) is 17.9 Å². The summed E-state index contributed by atoms with van der Waals surface area (Å²) in [5.74, 6) is 1.02. The lowest BCUT2D eigenvalue weighted by Gasteiger charge is -2.08. The lowest BCUT2D eigenvalue weighted by Crippen LogP contribution is -2.06. The maximum absolute atomic E-state index is 9.26. The van der Waals surface area contributed by atoms with E-state index in [-0.39, 0.29) is 6.61 Å². The second-order valence-corrected chi connectivity index (χ2v) is 6.82. The Labute approximate surface area is 147 Å². The number of imidazole rings is 1. The molecule has 2 aromatic rings. The summed E-state index contributed by atoms with van der Waals surface area (Å²) in [5.41, 5.74) is 2.25. The van der Waals surface area contributed by atoms with Crippen LogP contribution in [0.1, 0.15) is 77.0 Å². The summed E-state index contributed by atoms with van der Waals surface area (Å²) in [6, 6.07) is 8.30. The fourth-order valence-corrected chi connectivity index (χ4v) is 3.42. The molecule has 1 aromatic heterocycles. The number of aromatic nitrogens is 2. The monoisotopic (exact) mass is 330 g/mol. The van der Waals surface area contributed by atoms with E-state index >= 15 is 0 Å². The summed E-state index contributed by atoms with van der Waals surface area (Å²) >= 11 is 0. The molecule has 134 valence electrons. The molecule has 0 aliphatic rings. The lowest BCUT2D eigenvalue weighted by molar-refractivity contribution is 0.294. The summed E-state index contributed by atoms with van der Waals surface area (Å²) in [5, 5.41) is 9.26. The summed E-state index contributed by atoms with van der Waals surface area (Å²) in [6.45, 7) is 3.46. The summed E-state index contributed by atoms with van der Waals surface area (Å²) in [4.78, 5) is 4.67. The molecule has 0 fully saturated rings. The second-order valence-electron chi connectivity index (χ2n) is 6.82. The van der Waals surface area contributed by atoms with Gasteiger partial charge in [-0.25, -0.2) is 4.98 Å². The largest absolute Gasteiger partial charge is 0.396 e. The van der Waals surface area contributed by atoms with Crippen LogP contribution in [0.5, 0.6) is 0 Å². The van der Waals surface area contributed by atoms with Gasteiger partial charge in [-0.3, -0.25) is 0 Å². The number of fused-ring (bicyclic) bond motifs is 1. The van der Waals surface area contributed by atoms with Crippen LogP contribution in [0.15, 0.2) is 24.3 Å². The van der Waals surface area contributed by atoms with Gasteiger partial charge in [-0.05, 0) is 18.6 Å². The number of benzene rings is 1. The first-order chi connectivity index (χ1) is 11.9. The quantitative estimate of drug-likeness (QED) is 0.493. The van der Waals surface area contributed by atoms with Gasteiger partial charge in [-0.1, -0.05) is 76.8 Å². The minimum Gasteiger partial charge on any atom is -0.396 e. The molecule has 0 aliphatic heterocycles. The van der Waals surface area contributed by atoms with E-state index in [1.807, 2.05) is 6.07 Å². The van der Waals surface area contributed by atoms with Gasteiger partial charge in [0, 0.05) is 13.0 Å². The molecule has 1 heterocycles. The fourth-order valence-electron chi connectivity index (χ4n) is 3.42. The molecule has 3 nitrogen and oxygen atoms in total. The van der Waals surface area contributed by atoms with E-state index in [2.05, 4.69) is 34.7 Å². The zero-order valence-corrected chi connectivity index (χ0v) is 15.3. The zero-order valence-electron chi connectivity index (χ0n) is 15.3. The van der Waals surface area contributed by atoms with E-state index in [1.165, 1.54) is 69.7 Å². The Morgan fingerprint density at radius 2 is 1.50 bits per heavy atom. The van der Waals surface area contributed by atoms with Crippen molar-refractivity contribution in [3.8, 4) is 0 Å². The molecule has 0 bridgehead atoms. The Hall–Kier alpha value is -1.35. The number of hydrogen-bond acceptors (Lipinski definition) is 2. The van der Waals surface area contributed by atoms with Crippen molar-refractivity contribution >= 4 is 11.0 Å². The predicted molar refractivity (Wildman–Crippen MR) is 102 cm³/mol. The van der Waals surface area contributed by atoms with Crippen molar-refractivity contribution in [2.45, 2.75) is 84.1 Å². The molecule has 3 heteroatoms. The minimum absolute atomic E-state index is 0.168. The lowest BCUT2D eigenvalue weighted by atomic mass is 10.1. The van der Waals surface area contributed by atoms with Gasteiger partial charge in [0.1, 0.15) is 5.82 Å². The van der Waals surface area contributed by atoms with Crippen LogP contribution in [0, 0.1) is 0 Å². The number of aryl methyl sites for hydroxylation is 1. The molecule has 24 heavy (non-hydrogen) atoms. The summed E-state index contributed by atoms with van der Waals surface area (Å²) < 4.78 is 2.30. The molecule has 0 saturated heterocycles. The molecule has 0 aliphatic carbocycles. The molecule has 0 radical (unpaired) electrons. The van der Waals surface area contributed by atoms with Crippen LogP contribution in [0.3, 0.4) is 0 Å². The highest BCUT2D eigenvalue weighted by atomic mass is 16.3. The molecule has 0 atom stereocenters. The first-order valence-corrected chi connectivity index (χ1v) is 9.91. The van der Waals surface area contributed by atoms with Gasteiger partial charge in [0.05, 0.1) is 17.6 Å². The van der Waals surface area contributed by atoms with Crippen LogP contribution in [0.4, 0.5) is 0 Å². The van der Waals surface area contributed by atoms with Gasteiger partial charge >= 0.3 is 0 Å². The highest BCUT2D eigenvalue weighted by Gasteiger charge is 2.09. The predicted octanol–water partition coefficient (Wildman–Crippen LogP) is 5.49. The number of aliphatic hydroxyl groups is 1. The van der Waals surface area contributed by atoms with Crippen molar-refractivity contribution in [1.82, 2.24) is 9.55 Å². The van der Waals surface area contributed by atoms with E-state index in [0.29, 0.717) is 6.42 Å². The number of aliphatic hydroxyl groups excluding tert-OH is 1. The zero-order chi connectivity index (χ0) is 17.0. The number of unbranched alkanes of at least 4 members (excludes halogenated alkanes) is 9. The molecule has 0 unspecified atom stereocenters. The van der Waals surface area contributed by atoms with Gasteiger partial charge in [-0.2, -0.15) is 0 Å². The molecule has 1 aromatic carbocycles. The van der Waals surface area contributed by atoms with Crippen LogP contribution < -0.4 is 0 Å². The second kappa shape index (κ2) is 11.2. The minimum atomic E-state index is 0.168. The summed E-state index contributed by atoms with van der Waals surface area (Å²) in [6.07, 6.45) is 14.2.